The highest BCUT2D eigenvalue weighted by Gasteiger charge is 2.17. The summed E-state index contributed by atoms with van der Waals surface area (Å²) in [6.07, 6.45) is 1.22. The van der Waals surface area contributed by atoms with Gasteiger partial charge in [-0.2, -0.15) is 0 Å². The summed E-state index contributed by atoms with van der Waals surface area (Å²) in [6.45, 7) is 0. The van der Waals surface area contributed by atoms with Crippen molar-refractivity contribution in [2.45, 2.75) is 0 Å². The zero-order chi connectivity index (χ0) is 13.6. The van der Waals surface area contributed by atoms with Crippen molar-refractivity contribution in [3.05, 3.63) is 52.3 Å². The summed E-state index contributed by atoms with van der Waals surface area (Å²) >= 11 is 0.970. The Bertz CT molecular complexity index is 841. The normalized spacial score (nSPS) is 11.1. The lowest BCUT2D eigenvalue weighted by molar-refractivity contribution is 0.449. The Kier molecular flexibility index (Phi) is 2.63. The lowest BCUT2D eigenvalue weighted by Gasteiger charge is -2.01. The van der Waals surface area contributed by atoms with Crippen LogP contribution in [0.1, 0.15) is 0 Å². The number of nitrogens with one attached hydrogen (secondary N) is 1. The number of hydrogen-bond acceptors (Lipinski definition) is 3. The topological polar surface area (TPSA) is 45.8 Å². The number of H-pyrrole nitrogens is 1. The first-order valence-electron chi connectivity index (χ1n) is 5.19. The van der Waals surface area contributed by atoms with Gasteiger partial charge < -0.3 is 4.98 Å². The summed E-state index contributed by atoms with van der Waals surface area (Å²) in [5, 5.41) is 0. The van der Waals surface area contributed by atoms with E-state index < -0.39 is 17.5 Å². The lowest BCUT2D eigenvalue weighted by Crippen LogP contribution is -2.02. The van der Waals surface area contributed by atoms with E-state index in [4.69, 9.17) is 0 Å². The molecule has 0 atom stereocenters. The van der Waals surface area contributed by atoms with Gasteiger partial charge in [0.2, 0.25) is 0 Å². The second kappa shape index (κ2) is 4.20. The number of thiophene rings is 1. The average molecular weight is 282 g/mol. The molecule has 3 rings (SSSR count). The van der Waals surface area contributed by atoms with Crippen LogP contribution >= 0.6 is 11.3 Å². The molecule has 0 aliphatic rings. The molecule has 96 valence electrons. The molecule has 3 aromatic rings. The van der Waals surface area contributed by atoms with Crippen LogP contribution in [0.2, 0.25) is 0 Å². The Morgan fingerprint density at radius 3 is 2.68 bits per heavy atom. The smallest absolute Gasteiger partial charge is 0.268 e. The molecule has 2 heterocycles. The van der Waals surface area contributed by atoms with Gasteiger partial charge in [0.05, 0.1) is 11.8 Å². The maximum Gasteiger partial charge on any atom is 0.268 e. The molecule has 3 nitrogen and oxygen atoms in total. The fraction of sp³-hybridized carbons (Fsp3) is 0. The van der Waals surface area contributed by atoms with Crippen LogP contribution in [0, 0.1) is 17.5 Å². The number of benzene rings is 1. The molecule has 0 saturated heterocycles. The van der Waals surface area contributed by atoms with Gasteiger partial charge >= 0.3 is 0 Å². The Morgan fingerprint density at radius 2 is 1.95 bits per heavy atom. The monoisotopic (exact) mass is 282 g/mol. The van der Waals surface area contributed by atoms with E-state index in [1.54, 1.807) is 0 Å². The predicted octanol–water partition coefficient (Wildman–Crippen LogP) is 3.07. The Hall–Kier alpha value is -2.15. The SMILES string of the molecule is O=c1[nH]cnc2cc(-c3ccc(F)c(F)c3F)sc12. The molecule has 0 aliphatic carbocycles. The van der Waals surface area contributed by atoms with Crippen LogP contribution in [-0.2, 0) is 0 Å². The molecule has 1 aromatic carbocycles. The van der Waals surface area contributed by atoms with E-state index in [9.17, 15) is 18.0 Å². The van der Waals surface area contributed by atoms with E-state index in [0.717, 1.165) is 23.5 Å². The number of fused-ring (bicyclic) bond motifs is 1. The van der Waals surface area contributed by atoms with E-state index in [0.29, 0.717) is 15.1 Å². The summed E-state index contributed by atoms with van der Waals surface area (Å²) < 4.78 is 40.0. The molecule has 0 unspecified atom stereocenters. The summed E-state index contributed by atoms with van der Waals surface area (Å²) in [6, 6.07) is 3.44. The minimum absolute atomic E-state index is 0.0960. The van der Waals surface area contributed by atoms with Crippen LogP contribution in [-0.4, -0.2) is 9.97 Å². The maximum absolute atomic E-state index is 13.7. The van der Waals surface area contributed by atoms with Crippen LogP contribution < -0.4 is 5.56 Å². The first-order chi connectivity index (χ1) is 9.08. The van der Waals surface area contributed by atoms with Crippen molar-refractivity contribution in [1.29, 1.82) is 0 Å². The van der Waals surface area contributed by atoms with Gasteiger partial charge in [-0.05, 0) is 18.2 Å². The Morgan fingerprint density at radius 1 is 1.16 bits per heavy atom. The van der Waals surface area contributed by atoms with Crippen molar-refractivity contribution in [3.63, 3.8) is 0 Å². The molecule has 7 heteroatoms. The molecule has 0 bridgehead atoms. The van der Waals surface area contributed by atoms with Gasteiger partial charge in [0, 0.05) is 10.4 Å². The standard InChI is InChI=1S/C12H5F3N2OS/c13-6-2-1-5(9(14)10(6)15)8-3-7-11(19-8)12(18)17-4-16-7/h1-4H,(H,16,17,18). The molecular weight excluding hydrogens is 277 g/mol. The number of nitrogens with zero attached hydrogens (tertiary/aromatic N) is 1. The minimum atomic E-state index is -1.53. The van der Waals surface area contributed by atoms with E-state index in [-0.39, 0.29) is 11.1 Å². The van der Waals surface area contributed by atoms with Crippen molar-refractivity contribution in [2.24, 2.45) is 0 Å². The van der Waals surface area contributed by atoms with Gasteiger partial charge in [0.25, 0.3) is 5.56 Å². The number of halogens is 3. The molecule has 0 amide bonds. The van der Waals surface area contributed by atoms with Crippen LogP contribution in [0.15, 0.2) is 29.3 Å². The number of aromatic amines is 1. The molecule has 0 saturated carbocycles. The van der Waals surface area contributed by atoms with Crippen molar-refractivity contribution < 1.29 is 13.2 Å². The number of aromatic nitrogens is 2. The molecule has 0 spiro atoms. The second-order valence-electron chi connectivity index (χ2n) is 3.78. The van der Waals surface area contributed by atoms with Crippen molar-refractivity contribution in [2.75, 3.05) is 0 Å². The third kappa shape index (κ3) is 1.82. The molecule has 1 N–H and O–H groups in total. The van der Waals surface area contributed by atoms with E-state index in [1.807, 2.05) is 0 Å². The maximum atomic E-state index is 13.7. The fourth-order valence-corrected chi connectivity index (χ4v) is 2.74. The van der Waals surface area contributed by atoms with Crippen LogP contribution in [0.3, 0.4) is 0 Å². The van der Waals surface area contributed by atoms with Crippen LogP contribution in [0.25, 0.3) is 20.7 Å². The fourth-order valence-electron chi connectivity index (χ4n) is 1.71. The van der Waals surface area contributed by atoms with Gasteiger partial charge in [-0.3, -0.25) is 4.79 Å². The lowest BCUT2D eigenvalue weighted by atomic mass is 10.1. The molecule has 0 radical (unpaired) electrons. The summed E-state index contributed by atoms with van der Waals surface area (Å²) in [4.78, 5) is 18.1. The van der Waals surface area contributed by atoms with Gasteiger partial charge in [0.1, 0.15) is 4.70 Å². The molecule has 0 aliphatic heterocycles. The largest absolute Gasteiger partial charge is 0.312 e. The van der Waals surface area contributed by atoms with E-state index >= 15 is 0 Å². The van der Waals surface area contributed by atoms with Crippen molar-refractivity contribution in [3.8, 4) is 10.4 Å². The third-order valence-electron chi connectivity index (χ3n) is 2.62. The van der Waals surface area contributed by atoms with Gasteiger partial charge in [-0.25, -0.2) is 18.2 Å². The average Bonchev–Trinajstić information content (AvgIpc) is 2.81. The quantitative estimate of drug-likeness (QED) is 0.697. The van der Waals surface area contributed by atoms with Gasteiger partial charge in [-0.1, -0.05) is 0 Å². The van der Waals surface area contributed by atoms with E-state index in [2.05, 4.69) is 9.97 Å². The molecule has 19 heavy (non-hydrogen) atoms. The van der Waals surface area contributed by atoms with E-state index in [1.165, 1.54) is 12.4 Å². The zero-order valence-corrected chi connectivity index (χ0v) is 10.0. The number of rotatable bonds is 1. The zero-order valence-electron chi connectivity index (χ0n) is 9.21. The second-order valence-corrected chi connectivity index (χ2v) is 4.83. The van der Waals surface area contributed by atoms with Crippen molar-refractivity contribution in [1.82, 2.24) is 9.97 Å². The molecule has 0 fully saturated rings. The Labute approximate surface area is 108 Å². The molecule has 2 aromatic heterocycles. The highest BCUT2D eigenvalue weighted by molar-refractivity contribution is 7.22. The van der Waals surface area contributed by atoms with Crippen LogP contribution in [0.4, 0.5) is 13.2 Å². The summed E-state index contributed by atoms with van der Waals surface area (Å²) in [5.74, 6) is -4.06. The van der Waals surface area contributed by atoms with Gasteiger partial charge in [-0.15, -0.1) is 11.3 Å². The van der Waals surface area contributed by atoms with Gasteiger partial charge in [0.15, 0.2) is 17.5 Å². The highest BCUT2D eigenvalue weighted by atomic mass is 32.1. The van der Waals surface area contributed by atoms with Crippen LogP contribution in [0.5, 0.6) is 0 Å². The Balaban J connectivity index is 2.28. The first-order valence-corrected chi connectivity index (χ1v) is 6.00. The first kappa shape index (κ1) is 11.9. The third-order valence-corrected chi connectivity index (χ3v) is 3.77. The summed E-state index contributed by atoms with van der Waals surface area (Å²) in [5.41, 5.74) is -0.0709. The molecular formula is C12H5F3N2OS. The highest BCUT2D eigenvalue weighted by Crippen LogP contribution is 2.33. The van der Waals surface area contributed by atoms with Crippen molar-refractivity contribution >= 4 is 21.6 Å². The summed E-state index contributed by atoms with van der Waals surface area (Å²) in [7, 11) is 0. The minimum Gasteiger partial charge on any atom is -0.312 e. The predicted molar refractivity (Wildman–Crippen MR) is 65.6 cm³/mol. The number of hydrogen-bond donors (Lipinski definition) is 1.